The zero-order valence-corrected chi connectivity index (χ0v) is 11.5. The molecule has 0 amide bonds. The number of hydrogen-bond acceptors (Lipinski definition) is 4. The van der Waals surface area contributed by atoms with Crippen molar-refractivity contribution in [2.24, 2.45) is 0 Å². The van der Waals surface area contributed by atoms with Crippen LogP contribution in [0.25, 0.3) is 4.72 Å². The van der Waals surface area contributed by atoms with Gasteiger partial charge >= 0.3 is 0 Å². The van der Waals surface area contributed by atoms with Gasteiger partial charge in [0.05, 0.1) is 9.82 Å². The zero-order chi connectivity index (χ0) is 14.8. The van der Waals surface area contributed by atoms with E-state index in [2.05, 4.69) is 4.72 Å². The molecule has 6 nitrogen and oxygen atoms in total. The molecule has 0 heterocycles. The van der Waals surface area contributed by atoms with Crippen molar-refractivity contribution in [2.75, 3.05) is 0 Å². The molecule has 20 heavy (non-hydrogen) atoms. The lowest BCUT2D eigenvalue weighted by Gasteiger charge is -2.21. The van der Waals surface area contributed by atoms with Gasteiger partial charge in [-0.05, 0) is 24.3 Å². The van der Waals surface area contributed by atoms with Crippen LogP contribution in [0.1, 0.15) is 0 Å². The molecule has 2 aromatic carbocycles. The minimum Gasteiger partial charge on any atom is -0.573 e. The molecule has 0 aliphatic carbocycles. The Balaban J connectivity index is 2.26. The molecule has 2 rings (SSSR count). The molecule has 0 spiro atoms. The van der Waals surface area contributed by atoms with Crippen LogP contribution in [-0.4, -0.2) is 13.3 Å². The van der Waals surface area contributed by atoms with Crippen LogP contribution < -0.4 is 0 Å². The highest BCUT2D eigenvalue weighted by atomic mass is 35.5. The second-order valence-corrected chi connectivity index (χ2v) is 5.83. The summed E-state index contributed by atoms with van der Waals surface area (Å²) in [5.74, 6) is 0. The minimum atomic E-state index is -3.91. The summed E-state index contributed by atoms with van der Waals surface area (Å²) in [6.45, 7) is 0. The molecule has 0 unspecified atom stereocenters. The Morgan fingerprint density at radius 2 is 1.55 bits per heavy atom. The van der Waals surface area contributed by atoms with Crippen molar-refractivity contribution in [1.29, 1.82) is 0 Å². The lowest BCUT2D eigenvalue weighted by Crippen LogP contribution is -1.98. The van der Waals surface area contributed by atoms with E-state index >= 15 is 0 Å². The maximum Gasteiger partial charge on any atom is 0.269 e. The predicted molar refractivity (Wildman–Crippen MR) is 74.8 cm³/mol. The molecule has 0 aliphatic rings. The van der Waals surface area contributed by atoms with E-state index in [1.54, 1.807) is 0 Å². The van der Waals surface area contributed by atoms with Gasteiger partial charge < -0.3 is 4.72 Å². The Morgan fingerprint density at radius 1 is 1.00 bits per heavy atom. The third kappa shape index (κ3) is 3.25. The Kier molecular flexibility index (Phi) is 3.91. The summed E-state index contributed by atoms with van der Waals surface area (Å²) in [7, 11) is -3.91. The van der Waals surface area contributed by atoms with E-state index in [4.69, 9.17) is 11.6 Å². The third-order valence-corrected chi connectivity index (χ3v) is 3.97. The van der Waals surface area contributed by atoms with E-state index in [9.17, 15) is 18.5 Å². The van der Waals surface area contributed by atoms with E-state index < -0.39 is 14.9 Å². The second kappa shape index (κ2) is 5.48. The standard InChI is InChI=1S/C12H8ClN2O4S/c13-9-1-3-10(4-2-9)14-20(18,19)12-7-5-11(6-8-12)15(16)17/h1-8H/q-1. The summed E-state index contributed by atoms with van der Waals surface area (Å²) >= 11 is 5.69. The van der Waals surface area contributed by atoms with Gasteiger partial charge in [0.2, 0.25) is 0 Å². The number of halogens is 1. The molecular formula is C12H8ClN2O4S-. The van der Waals surface area contributed by atoms with Crippen molar-refractivity contribution >= 4 is 33.0 Å². The van der Waals surface area contributed by atoms with E-state index in [0.717, 1.165) is 24.3 Å². The van der Waals surface area contributed by atoms with Crippen molar-refractivity contribution in [3.8, 4) is 0 Å². The molecule has 104 valence electrons. The summed E-state index contributed by atoms with van der Waals surface area (Å²) in [6, 6.07) is 10.5. The van der Waals surface area contributed by atoms with Gasteiger partial charge in [0.25, 0.3) is 5.69 Å². The van der Waals surface area contributed by atoms with Gasteiger partial charge in [-0.1, -0.05) is 23.7 Å². The average Bonchev–Trinajstić information content (AvgIpc) is 2.41. The predicted octanol–water partition coefficient (Wildman–Crippen LogP) is 3.64. The number of nitro benzene ring substituents is 1. The number of rotatable bonds is 4. The van der Waals surface area contributed by atoms with E-state index in [0.29, 0.717) is 5.02 Å². The highest BCUT2D eigenvalue weighted by molar-refractivity contribution is 7.94. The van der Waals surface area contributed by atoms with Gasteiger partial charge in [-0.15, -0.1) is 5.69 Å². The molecule has 0 aliphatic heterocycles. The minimum absolute atomic E-state index is 0.113. The third-order valence-electron chi connectivity index (χ3n) is 2.40. The summed E-state index contributed by atoms with van der Waals surface area (Å²) < 4.78 is 27.6. The van der Waals surface area contributed by atoms with Gasteiger partial charge in [0.1, 0.15) is 10.0 Å². The Hall–Kier alpha value is -2.12. The lowest BCUT2D eigenvalue weighted by molar-refractivity contribution is -0.384. The van der Waals surface area contributed by atoms with Gasteiger partial charge in [-0.25, -0.2) is 8.42 Å². The van der Waals surface area contributed by atoms with E-state index in [1.807, 2.05) is 0 Å². The number of benzene rings is 2. The fraction of sp³-hybridized carbons (Fsp3) is 0. The summed E-state index contributed by atoms with van der Waals surface area (Å²) in [5.41, 5.74) is 0.0446. The molecule has 0 aromatic heterocycles. The molecule has 0 atom stereocenters. The molecule has 8 heteroatoms. The maximum absolute atomic E-state index is 12.0. The first-order valence-corrected chi connectivity index (χ1v) is 7.18. The molecule has 0 fully saturated rings. The number of hydrogen-bond donors (Lipinski definition) is 0. The van der Waals surface area contributed by atoms with E-state index in [-0.39, 0.29) is 16.3 Å². The fourth-order valence-electron chi connectivity index (χ4n) is 1.43. The van der Waals surface area contributed by atoms with Crippen LogP contribution in [0.3, 0.4) is 0 Å². The average molecular weight is 312 g/mol. The molecule has 0 bridgehead atoms. The van der Waals surface area contributed by atoms with Crippen molar-refractivity contribution in [3.05, 3.63) is 68.4 Å². The quantitative estimate of drug-likeness (QED) is 0.636. The summed E-state index contributed by atoms with van der Waals surface area (Å²) in [4.78, 5) is 9.79. The molecular weight excluding hydrogens is 304 g/mol. The van der Waals surface area contributed by atoms with Crippen LogP contribution in [0.2, 0.25) is 5.02 Å². The van der Waals surface area contributed by atoms with Gasteiger partial charge in [0.15, 0.2) is 0 Å². The molecule has 0 N–H and O–H groups in total. The Bertz CT molecular complexity index is 727. The first-order valence-electron chi connectivity index (χ1n) is 5.36. The zero-order valence-electron chi connectivity index (χ0n) is 9.93. The molecule has 2 aromatic rings. The normalized spacial score (nSPS) is 11.1. The fourth-order valence-corrected chi connectivity index (χ4v) is 2.54. The van der Waals surface area contributed by atoms with Crippen LogP contribution >= 0.6 is 11.6 Å². The topological polar surface area (TPSA) is 91.4 Å². The van der Waals surface area contributed by atoms with Crippen LogP contribution in [0.4, 0.5) is 11.4 Å². The maximum atomic E-state index is 12.0. The van der Waals surface area contributed by atoms with Gasteiger partial charge in [-0.2, -0.15) is 0 Å². The van der Waals surface area contributed by atoms with Crippen LogP contribution in [0, 0.1) is 10.1 Å². The molecule has 0 saturated carbocycles. The van der Waals surface area contributed by atoms with Crippen molar-refractivity contribution < 1.29 is 13.3 Å². The highest BCUT2D eigenvalue weighted by Gasteiger charge is 2.09. The lowest BCUT2D eigenvalue weighted by atomic mass is 10.3. The van der Waals surface area contributed by atoms with Crippen molar-refractivity contribution in [2.45, 2.75) is 4.90 Å². The Labute approximate surface area is 120 Å². The second-order valence-electron chi connectivity index (χ2n) is 3.79. The summed E-state index contributed by atoms with van der Waals surface area (Å²) in [5, 5.41) is 11.0. The number of nitrogens with zero attached hydrogens (tertiary/aromatic N) is 2. The largest absolute Gasteiger partial charge is 0.573 e. The van der Waals surface area contributed by atoms with Crippen LogP contribution in [0.5, 0.6) is 0 Å². The monoisotopic (exact) mass is 311 g/mol. The smallest absolute Gasteiger partial charge is 0.269 e. The van der Waals surface area contributed by atoms with Crippen LogP contribution in [-0.2, 0) is 10.0 Å². The first-order chi connectivity index (χ1) is 9.38. The van der Waals surface area contributed by atoms with Gasteiger partial charge in [0, 0.05) is 17.2 Å². The number of sulfonamides is 1. The van der Waals surface area contributed by atoms with E-state index in [1.165, 1.54) is 24.3 Å². The number of nitro groups is 1. The molecule has 0 radical (unpaired) electrons. The van der Waals surface area contributed by atoms with Crippen molar-refractivity contribution in [3.63, 3.8) is 0 Å². The SMILES string of the molecule is O=[N+]([O-])c1ccc(S(=O)(=O)[N-]c2ccc(Cl)cc2)cc1. The van der Waals surface area contributed by atoms with Gasteiger partial charge in [-0.3, -0.25) is 10.1 Å². The molecule has 0 saturated heterocycles. The number of non-ortho nitro benzene ring substituents is 1. The Morgan fingerprint density at radius 3 is 2.05 bits per heavy atom. The first kappa shape index (κ1) is 14.3. The highest BCUT2D eigenvalue weighted by Crippen LogP contribution is 2.29. The summed E-state index contributed by atoms with van der Waals surface area (Å²) in [6.07, 6.45) is 0. The van der Waals surface area contributed by atoms with Crippen molar-refractivity contribution in [1.82, 2.24) is 0 Å². The van der Waals surface area contributed by atoms with Crippen LogP contribution in [0.15, 0.2) is 53.4 Å².